The SMILES string of the molecule is CCN(C(=O)CSc1nc2scc(-c3cccs3)c2c(=O)n1C(C)C)c1cccc2ccccc12. The van der Waals surface area contributed by atoms with E-state index >= 15 is 0 Å². The molecule has 0 bridgehead atoms. The van der Waals surface area contributed by atoms with Gasteiger partial charge in [0.05, 0.1) is 16.8 Å². The van der Waals surface area contributed by atoms with Crippen molar-refractivity contribution in [2.45, 2.75) is 32.0 Å². The van der Waals surface area contributed by atoms with Crippen LogP contribution >= 0.6 is 34.4 Å². The topological polar surface area (TPSA) is 55.2 Å². The van der Waals surface area contributed by atoms with Gasteiger partial charge in [0.25, 0.3) is 5.56 Å². The fourth-order valence-corrected chi connectivity index (χ4v) is 7.09. The van der Waals surface area contributed by atoms with E-state index in [1.165, 1.54) is 23.1 Å². The average molecular weight is 520 g/mol. The molecule has 0 aliphatic heterocycles. The predicted octanol–water partition coefficient (Wildman–Crippen LogP) is 7.07. The molecular formula is C27H25N3O2S3. The van der Waals surface area contributed by atoms with Gasteiger partial charge in [-0.3, -0.25) is 14.2 Å². The summed E-state index contributed by atoms with van der Waals surface area (Å²) in [7, 11) is 0. The van der Waals surface area contributed by atoms with Gasteiger partial charge in [0.2, 0.25) is 5.91 Å². The van der Waals surface area contributed by atoms with E-state index in [1.54, 1.807) is 15.9 Å². The Morgan fingerprint density at radius 2 is 1.89 bits per heavy atom. The highest BCUT2D eigenvalue weighted by Gasteiger charge is 2.22. The van der Waals surface area contributed by atoms with Crippen LogP contribution in [-0.2, 0) is 4.79 Å². The Balaban J connectivity index is 1.48. The van der Waals surface area contributed by atoms with Gasteiger partial charge in [-0.25, -0.2) is 4.98 Å². The molecule has 0 saturated carbocycles. The lowest BCUT2D eigenvalue weighted by molar-refractivity contribution is -0.116. The van der Waals surface area contributed by atoms with Crippen molar-refractivity contribution >= 4 is 67.0 Å². The van der Waals surface area contributed by atoms with Crippen LogP contribution in [0, 0.1) is 0 Å². The first kappa shape index (κ1) is 23.8. The molecule has 0 aliphatic carbocycles. The molecule has 0 saturated heterocycles. The Kier molecular flexibility index (Phi) is 6.77. The zero-order valence-electron chi connectivity index (χ0n) is 19.7. The lowest BCUT2D eigenvalue weighted by Crippen LogP contribution is -2.33. The zero-order valence-corrected chi connectivity index (χ0v) is 22.2. The maximum atomic E-state index is 13.6. The van der Waals surface area contributed by atoms with Crippen molar-refractivity contribution in [3.63, 3.8) is 0 Å². The maximum Gasteiger partial charge on any atom is 0.263 e. The van der Waals surface area contributed by atoms with Crippen LogP contribution in [0.5, 0.6) is 0 Å². The molecular weight excluding hydrogens is 495 g/mol. The number of amides is 1. The van der Waals surface area contributed by atoms with Gasteiger partial charge in [-0.15, -0.1) is 22.7 Å². The largest absolute Gasteiger partial charge is 0.311 e. The summed E-state index contributed by atoms with van der Waals surface area (Å²) in [5, 5.41) is 7.41. The molecule has 178 valence electrons. The lowest BCUT2D eigenvalue weighted by atomic mass is 10.1. The molecule has 8 heteroatoms. The molecule has 3 aromatic heterocycles. The quantitative estimate of drug-likeness (QED) is 0.171. The second-order valence-electron chi connectivity index (χ2n) is 8.40. The molecule has 5 aromatic rings. The number of hydrogen-bond donors (Lipinski definition) is 0. The van der Waals surface area contributed by atoms with E-state index in [0.717, 1.165) is 26.9 Å². The van der Waals surface area contributed by atoms with E-state index in [0.29, 0.717) is 21.9 Å². The molecule has 1 amide bonds. The number of aromatic nitrogens is 2. The minimum atomic E-state index is -0.0755. The van der Waals surface area contributed by atoms with Crippen LogP contribution in [0.25, 0.3) is 31.4 Å². The fraction of sp³-hybridized carbons (Fsp3) is 0.222. The predicted molar refractivity (Wildman–Crippen MR) is 150 cm³/mol. The molecule has 2 aromatic carbocycles. The first-order chi connectivity index (χ1) is 17.0. The second kappa shape index (κ2) is 9.97. The average Bonchev–Trinajstić information content (AvgIpc) is 3.53. The molecule has 0 aliphatic rings. The Morgan fingerprint density at radius 1 is 1.09 bits per heavy atom. The third-order valence-corrected chi connectivity index (χ3v) is 8.62. The van der Waals surface area contributed by atoms with Crippen molar-refractivity contribution in [1.29, 1.82) is 0 Å². The Labute approximate surface area is 216 Å². The number of thioether (sulfide) groups is 1. The number of thiophene rings is 2. The first-order valence-corrected chi connectivity index (χ1v) is 14.2. The highest BCUT2D eigenvalue weighted by molar-refractivity contribution is 7.99. The minimum absolute atomic E-state index is 0.0102. The number of carbonyl (C=O) groups is 1. The van der Waals surface area contributed by atoms with Crippen LogP contribution < -0.4 is 10.5 Å². The highest BCUT2D eigenvalue weighted by Crippen LogP contribution is 2.35. The van der Waals surface area contributed by atoms with Crippen molar-refractivity contribution in [3.8, 4) is 10.4 Å². The van der Waals surface area contributed by atoms with Crippen molar-refractivity contribution in [2.24, 2.45) is 0 Å². The molecule has 3 heterocycles. The van der Waals surface area contributed by atoms with E-state index in [2.05, 4.69) is 12.1 Å². The van der Waals surface area contributed by atoms with E-state index in [-0.39, 0.29) is 23.3 Å². The van der Waals surface area contributed by atoms with E-state index in [9.17, 15) is 9.59 Å². The second-order valence-corrected chi connectivity index (χ2v) is 11.1. The van der Waals surface area contributed by atoms with Gasteiger partial charge >= 0.3 is 0 Å². The summed E-state index contributed by atoms with van der Waals surface area (Å²) in [6, 6.07) is 18.1. The number of fused-ring (bicyclic) bond motifs is 2. The van der Waals surface area contributed by atoms with Crippen molar-refractivity contribution in [1.82, 2.24) is 9.55 Å². The molecule has 5 nitrogen and oxygen atoms in total. The minimum Gasteiger partial charge on any atom is -0.311 e. The first-order valence-electron chi connectivity index (χ1n) is 11.5. The Hall–Kier alpha value is -2.94. The summed E-state index contributed by atoms with van der Waals surface area (Å²) in [4.78, 5) is 35.4. The molecule has 5 rings (SSSR count). The van der Waals surface area contributed by atoms with Crippen LogP contribution in [0.4, 0.5) is 5.69 Å². The summed E-state index contributed by atoms with van der Waals surface area (Å²) >= 11 is 4.43. The fourth-order valence-electron chi connectivity index (χ4n) is 4.28. The van der Waals surface area contributed by atoms with Gasteiger partial charge < -0.3 is 4.90 Å². The highest BCUT2D eigenvalue weighted by atomic mass is 32.2. The summed E-state index contributed by atoms with van der Waals surface area (Å²) in [5.41, 5.74) is 1.79. The number of rotatable bonds is 7. The number of nitrogens with zero attached hydrogens (tertiary/aromatic N) is 3. The van der Waals surface area contributed by atoms with Crippen LogP contribution in [-0.4, -0.2) is 27.8 Å². The van der Waals surface area contributed by atoms with Gasteiger partial charge in [0.1, 0.15) is 4.83 Å². The smallest absolute Gasteiger partial charge is 0.263 e. The van der Waals surface area contributed by atoms with E-state index < -0.39 is 0 Å². The Morgan fingerprint density at radius 3 is 2.63 bits per heavy atom. The van der Waals surface area contributed by atoms with Crippen LogP contribution in [0.3, 0.4) is 0 Å². The number of anilines is 1. The Bertz CT molecular complexity index is 1560. The summed E-state index contributed by atoms with van der Waals surface area (Å²) in [6.07, 6.45) is 0. The number of benzene rings is 2. The summed E-state index contributed by atoms with van der Waals surface area (Å²) in [6.45, 7) is 6.50. The van der Waals surface area contributed by atoms with E-state index in [1.807, 2.05) is 78.9 Å². The third kappa shape index (κ3) is 4.42. The number of carbonyl (C=O) groups excluding carboxylic acids is 1. The normalized spacial score (nSPS) is 11.5. The summed E-state index contributed by atoms with van der Waals surface area (Å²) < 4.78 is 1.72. The standard InChI is InChI=1S/C27H25N3O2S3/c1-4-29(21-12-7-10-18-9-5-6-11-19(18)21)23(31)16-35-27-28-25-24(26(32)30(27)17(2)3)20(15-34-25)22-13-8-14-33-22/h5-15,17H,4,16H2,1-3H3. The molecule has 0 spiro atoms. The van der Waals surface area contributed by atoms with Gasteiger partial charge in [0, 0.05) is 33.8 Å². The van der Waals surface area contributed by atoms with Crippen molar-refractivity contribution in [2.75, 3.05) is 17.2 Å². The van der Waals surface area contributed by atoms with Gasteiger partial charge in [-0.2, -0.15) is 0 Å². The molecule has 0 N–H and O–H groups in total. The molecule has 35 heavy (non-hydrogen) atoms. The molecule has 0 fully saturated rings. The third-order valence-electron chi connectivity index (χ3n) is 5.91. The number of hydrogen-bond acceptors (Lipinski definition) is 6. The van der Waals surface area contributed by atoms with Gasteiger partial charge in [0.15, 0.2) is 5.16 Å². The van der Waals surface area contributed by atoms with Crippen LogP contribution in [0.2, 0.25) is 0 Å². The lowest BCUT2D eigenvalue weighted by Gasteiger charge is -2.23. The molecule has 0 unspecified atom stereocenters. The van der Waals surface area contributed by atoms with Crippen molar-refractivity contribution < 1.29 is 4.79 Å². The van der Waals surface area contributed by atoms with Gasteiger partial charge in [-0.05, 0) is 43.7 Å². The maximum absolute atomic E-state index is 13.6. The van der Waals surface area contributed by atoms with E-state index in [4.69, 9.17) is 4.98 Å². The van der Waals surface area contributed by atoms with Gasteiger partial charge in [-0.1, -0.05) is 54.2 Å². The summed E-state index contributed by atoms with van der Waals surface area (Å²) in [5.74, 6) is 0.189. The van der Waals surface area contributed by atoms with Crippen LogP contribution in [0.1, 0.15) is 26.8 Å². The van der Waals surface area contributed by atoms with Crippen molar-refractivity contribution in [3.05, 3.63) is 75.7 Å². The monoisotopic (exact) mass is 519 g/mol. The molecule has 0 atom stereocenters. The molecule has 0 radical (unpaired) electrons. The van der Waals surface area contributed by atoms with Crippen LogP contribution in [0.15, 0.2) is 75.3 Å². The zero-order chi connectivity index (χ0) is 24.5.